The van der Waals surface area contributed by atoms with Crippen molar-refractivity contribution in [2.75, 3.05) is 6.61 Å². The van der Waals surface area contributed by atoms with Gasteiger partial charge in [-0.3, -0.25) is 4.79 Å². The van der Waals surface area contributed by atoms with Gasteiger partial charge in [0.25, 0.3) is 5.56 Å². The summed E-state index contributed by atoms with van der Waals surface area (Å²) in [4.78, 5) is 31.0. The van der Waals surface area contributed by atoms with E-state index in [1.807, 2.05) is 0 Å². The Hall–Kier alpha value is -3.76. The number of esters is 1. The van der Waals surface area contributed by atoms with Gasteiger partial charge in [0.2, 0.25) is 0 Å². The normalized spacial score (nSPS) is 10.8. The van der Waals surface area contributed by atoms with Gasteiger partial charge < -0.3 is 14.5 Å². The number of carbonyl (C=O) groups is 1. The van der Waals surface area contributed by atoms with Gasteiger partial charge in [0, 0.05) is 27.4 Å². The van der Waals surface area contributed by atoms with Crippen LogP contribution in [0.1, 0.15) is 22.8 Å². The lowest BCUT2D eigenvalue weighted by molar-refractivity contribution is 0.0523. The summed E-state index contributed by atoms with van der Waals surface area (Å²) in [5.41, 5.74) is 0.857. The highest BCUT2D eigenvalue weighted by atomic mass is 35.5. The zero-order chi connectivity index (χ0) is 23.4. The number of benzene rings is 2. The Morgan fingerprint density at radius 3 is 2.64 bits per heavy atom. The zero-order valence-electron chi connectivity index (χ0n) is 17.2. The summed E-state index contributed by atoms with van der Waals surface area (Å²) in [5, 5.41) is 12.2. The van der Waals surface area contributed by atoms with Gasteiger partial charge in [0.1, 0.15) is 35.8 Å². The summed E-state index contributed by atoms with van der Waals surface area (Å²) >= 11 is 12.5. The monoisotopic (exact) mass is 486 g/mol. The first-order valence-electron chi connectivity index (χ1n) is 9.68. The van der Waals surface area contributed by atoms with Gasteiger partial charge in [0.15, 0.2) is 0 Å². The number of aromatic nitrogens is 6. The molecule has 0 amide bonds. The summed E-state index contributed by atoms with van der Waals surface area (Å²) in [5.74, 6) is -0.0650. The van der Waals surface area contributed by atoms with Gasteiger partial charge in [-0.15, -0.1) is 5.10 Å². The smallest absolute Gasteiger partial charge is 0.345 e. The molecule has 33 heavy (non-hydrogen) atoms. The maximum absolute atomic E-state index is 12.3. The van der Waals surface area contributed by atoms with E-state index >= 15 is 0 Å². The van der Waals surface area contributed by atoms with Crippen LogP contribution in [0.3, 0.4) is 0 Å². The van der Waals surface area contributed by atoms with Crippen molar-refractivity contribution in [3.8, 4) is 22.8 Å². The molecule has 168 valence electrons. The van der Waals surface area contributed by atoms with Crippen molar-refractivity contribution in [1.82, 2.24) is 30.2 Å². The average Bonchev–Trinajstić information content (AvgIpc) is 3.34. The lowest BCUT2D eigenvalue weighted by Crippen LogP contribution is -2.21. The Morgan fingerprint density at radius 2 is 1.97 bits per heavy atom. The second-order valence-corrected chi connectivity index (χ2v) is 7.44. The molecule has 0 spiro atoms. The Labute approximate surface area is 197 Å². The van der Waals surface area contributed by atoms with Crippen LogP contribution in [-0.4, -0.2) is 42.8 Å². The van der Waals surface area contributed by atoms with E-state index in [0.717, 1.165) is 0 Å². The number of H-pyrrole nitrogens is 1. The molecular formula is C21H16Cl2N6O4. The third-order valence-electron chi connectivity index (χ3n) is 4.56. The highest BCUT2D eigenvalue weighted by molar-refractivity contribution is 6.35. The fourth-order valence-electron chi connectivity index (χ4n) is 2.95. The summed E-state index contributed by atoms with van der Waals surface area (Å²) in [6, 6.07) is 10.2. The molecule has 0 aliphatic rings. The highest BCUT2D eigenvalue weighted by Crippen LogP contribution is 2.30. The zero-order valence-corrected chi connectivity index (χ0v) is 18.7. The van der Waals surface area contributed by atoms with Crippen molar-refractivity contribution in [3.05, 3.63) is 80.4 Å². The first-order chi connectivity index (χ1) is 16.0. The molecule has 0 aliphatic heterocycles. The maximum Gasteiger partial charge on any atom is 0.345 e. The molecule has 2 heterocycles. The molecular weight excluding hydrogens is 471 g/mol. The number of aromatic amines is 1. The molecule has 0 atom stereocenters. The third kappa shape index (κ3) is 4.86. The number of hydrogen-bond donors (Lipinski definition) is 1. The molecule has 2 aromatic heterocycles. The second kappa shape index (κ2) is 9.80. The topological polar surface area (TPSA) is 125 Å². The number of rotatable bonds is 7. The van der Waals surface area contributed by atoms with E-state index in [1.165, 1.54) is 17.2 Å². The van der Waals surface area contributed by atoms with Gasteiger partial charge in [-0.2, -0.15) is 4.68 Å². The van der Waals surface area contributed by atoms with E-state index in [2.05, 4.69) is 25.5 Å². The second-order valence-electron chi connectivity index (χ2n) is 6.62. The quantitative estimate of drug-likeness (QED) is 0.393. The largest absolute Gasteiger partial charge is 0.487 e. The fourth-order valence-corrected chi connectivity index (χ4v) is 3.46. The van der Waals surface area contributed by atoms with Crippen LogP contribution >= 0.6 is 23.2 Å². The van der Waals surface area contributed by atoms with E-state index in [1.54, 1.807) is 43.3 Å². The van der Waals surface area contributed by atoms with Gasteiger partial charge in [0.05, 0.1) is 6.61 Å². The molecule has 0 fully saturated rings. The Balaban J connectivity index is 1.68. The maximum atomic E-state index is 12.3. The number of tetrazole rings is 1. The molecule has 0 unspecified atom stereocenters. The number of hydrogen-bond acceptors (Lipinski definition) is 8. The van der Waals surface area contributed by atoms with Gasteiger partial charge in [-0.05, 0) is 47.7 Å². The molecule has 0 saturated carbocycles. The van der Waals surface area contributed by atoms with Gasteiger partial charge in [-0.25, -0.2) is 9.78 Å². The summed E-state index contributed by atoms with van der Waals surface area (Å²) in [6.45, 7) is 1.91. The number of halogens is 2. The Kier molecular flexibility index (Phi) is 6.66. The van der Waals surface area contributed by atoms with Crippen LogP contribution < -0.4 is 10.3 Å². The minimum atomic E-state index is -0.742. The number of nitrogens with zero attached hydrogens (tertiary/aromatic N) is 5. The molecule has 12 heteroatoms. The number of nitrogens with one attached hydrogen (secondary N) is 1. The first kappa shape index (κ1) is 22.4. The third-order valence-corrected chi connectivity index (χ3v) is 5.26. The molecule has 4 rings (SSSR count). The molecule has 0 aliphatic carbocycles. The van der Waals surface area contributed by atoms with Crippen LogP contribution in [0.2, 0.25) is 10.0 Å². The van der Waals surface area contributed by atoms with E-state index in [4.69, 9.17) is 32.7 Å². The van der Waals surface area contributed by atoms with Crippen LogP contribution in [0.15, 0.2) is 53.7 Å². The van der Waals surface area contributed by atoms with Crippen molar-refractivity contribution in [1.29, 1.82) is 0 Å². The van der Waals surface area contributed by atoms with E-state index in [0.29, 0.717) is 32.6 Å². The lowest BCUT2D eigenvalue weighted by Gasteiger charge is -2.14. The highest BCUT2D eigenvalue weighted by Gasteiger charge is 2.16. The van der Waals surface area contributed by atoms with E-state index < -0.39 is 11.5 Å². The average molecular weight is 487 g/mol. The molecule has 0 saturated heterocycles. The van der Waals surface area contributed by atoms with Crippen LogP contribution in [0.25, 0.3) is 17.1 Å². The molecule has 4 aromatic rings. The molecule has 0 bridgehead atoms. The Bertz CT molecular complexity index is 1340. The standard InChI is InChI=1S/C21H16Cl2N6O4/c1-2-32-21(31)13-9-24-19(26-20(13)30)12-6-7-18(17(8-12)29-11-25-27-28-29)33-10-14-15(22)4-3-5-16(14)23/h3-9,11H,2,10H2,1H3,(H,24,26,30). The molecule has 10 nitrogen and oxygen atoms in total. The minimum absolute atomic E-state index is 0.107. The van der Waals surface area contributed by atoms with Crippen LogP contribution in [0, 0.1) is 0 Å². The van der Waals surface area contributed by atoms with Gasteiger partial charge >= 0.3 is 5.97 Å². The summed E-state index contributed by atoms with van der Waals surface area (Å²) in [7, 11) is 0. The minimum Gasteiger partial charge on any atom is -0.487 e. The molecule has 1 N–H and O–H groups in total. The summed E-state index contributed by atoms with van der Waals surface area (Å²) in [6.07, 6.45) is 2.57. The Morgan fingerprint density at radius 1 is 1.18 bits per heavy atom. The number of carbonyl (C=O) groups excluding carboxylic acids is 1. The summed E-state index contributed by atoms with van der Waals surface area (Å²) < 4.78 is 12.2. The van der Waals surface area contributed by atoms with Crippen LogP contribution in [-0.2, 0) is 11.3 Å². The molecule has 2 aromatic carbocycles. The predicted molar refractivity (Wildman–Crippen MR) is 120 cm³/mol. The lowest BCUT2D eigenvalue weighted by atomic mass is 10.1. The predicted octanol–water partition coefficient (Wildman–Crippen LogP) is 3.48. The van der Waals surface area contributed by atoms with Gasteiger partial charge in [-0.1, -0.05) is 29.3 Å². The first-order valence-corrected chi connectivity index (χ1v) is 10.4. The fraction of sp³-hybridized carbons (Fsp3) is 0.143. The van der Waals surface area contributed by atoms with Crippen molar-refractivity contribution >= 4 is 29.2 Å². The van der Waals surface area contributed by atoms with Crippen molar-refractivity contribution in [2.45, 2.75) is 13.5 Å². The number of ether oxygens (including phenoxy) is 2. The SMILES string of the molecule is CCOC(=O)c1cnc(-c2ccc(OCc3c(Cl)cccc3Cl)c(-n3cnnn3)c2)[nH]c1=O. The van der Waals surface area contributed by atoms with Crippen molar-refractivity contribution < 1.29 is 14.3 Å². The molecule has 0 radical (unpaired) electrons. The van der Waals surface area contributed by atoms with E-state index in [9.17, 15) is 9.59 Å². The van der Waals surface area contributed by atoms with Crippen molar-refractivity contribution in [3.63, 3.8) is 0 Å². The van der Waals surface area contributed by atoms with Crippen LogP contribution in [0.4, 0.5) is 0 Å². The van der Waals surface area contributed by atoms with Crippen molar-refractivity contribution in [2.24, 2.45) is 0 Å². The van der Waals surface area contributed by atoms with Crippen LogP contribution in [0.5, 0.6) is 5.75 Å². The van der Waals surface area contributed by atoms with E-state index in [-0.39, 0.29) is 24.6 Å².